The number of amides is 1. The predicted molar refractivity (Wildman–Crippen MR) is 121 cm³/mol. The van der Waals surface area contributed by atoms with Crippen molar-refractivity contribution >= 4 is 48.9 Å². The van der Waals surface area contributed by atoms with Crippen molar-refractivity contribution in [2.45, 2.75) is 9.79 Å². The van der Waals surface area contributed by atoms with Crippen molar-refractivity contribution in [2.24, 2.45) is 5.14 Å². The molecule has 4 N–H and O–H groups in total. The smallest absolute Gasteiger partial charge is 0.262 e. The summed E-state index contributed by atoms with van der Waals surface area (Å²) in [5.74, 6) is -1.01. The van der Waals surface area contributed by atoms with Gasteiger partial charge >= 0.3 is 0 Å². The van der Waals surface area contributed by atoms with Crippen molar-refractivity contribution in [2.75, 3.05) is 16.6 Å². The number of carbonyl (C=O) groups excluding carboxylic acids is 1. The van der Waals surface area contributed by atoms with E-state index < -0.39 is 38.4 Å². The van der Waals surface area contributed by atoms with Crippen LogP contribution in [-0.2, 0) is 24.8 Å². The normalized spacial score (nSPS) is 11.6. The number of nitrogens with one attached hydrogen (secondary N) is 2. The third kappa shape index (κ3) is 6.65. The van der Waals surface area contributed by atoms with Crippen molar-refractivity contribution in [1.82, 2.24) is 0 Å². The van der Waals surface area contributed by atoms with E-state index in [1.54, 1.807) is 0 Å². The summed E-state index contributed by atoms with van der Waals surface area (Å²) in [5, 5.41) is 7.46. The Morgan fingerprint density at radius 3 is 2.06 bits per heavy atom. The molecular formula is C20H17ClFN3O6S2. The topological polar surface area (TPSA) is 145 Å². The van der Waals surface area contributed by atoms with Gasteiger partial charge in [0, 0.05) is 11.4 Å². The van der Waals surface area contributed by atoms with Gasteiger partial charge in [-0.2, -0.15) is 0 Å². The fourth-order valence-electron chi connectivity index (χ4n) is 2.57. The first kappa shape index (κ1) is 24.5. The summed E-state index contributed by atoms with van der Waals surface area (Å²) >= 11 is 6.10. The molecule has 33 heavy (non-hydrogen) atoms. The maximum absolute atomic E-state index is 13.0. The second-order valence-corrected chi connectivity index (χ2v) is 10.3. The zero-order valence-corrected chi connectivity index (χ0v) is 19.0. The second-order valence-electron chi connectivity index (χ2n) is 6.61. The van der Waals surface area contributed by atoms with Gasteiger partial charge in [0.25, 0.3) is 15.9 Å². The number of ether oxygens (including phenoxy) is 1. The van der Waals surface area contributed by atoms with Crippen LogP contribution in [0.3, 0.4) is 0 Å². The average Bonchev–Trinajstić information content (AvgIpc) is 2.74. The fraction of sp³-hybridized carbons (Fsp3) is 0.0500. The Balaban J connectivity index is 1.61. The van der Waals surface area contributed by atoms with Gasteiger partial charge in [-0.1, -0.05) is 11.6 Å². The molecule has 0 radical (unpaired) electrons. The minimum Gasteiger partial charge on any atom is -0.482 e. The van der Waals surface area contributed by atoms with Crippen LogP contribution in [0.4, 0.5) is 15.8 Å². The van der Waals surface area contributed by atoms with E-state index in [0.717, 1.165) is 18.2 Å². The summed E-state index contributed by atoms with van der Waals surface area (Å²) in [4.78, 5) is 11.8. The lowest BCUT2D eigenvalue weighted by atomic mass is 10.3. The van der Waals surface area contributed by atoms with Gasteiger partial charge in [-0.25, -0.2) is 26.4 Å². The van der Waals surface area contributed by atoms with Crippen molar-refractivity contribution in [3.05, 3.63) is 77.6 Å². The van der Waals surface area contributed by atoms with Gasteiger partial charge in [0.1, 0.15) is 11.6 Å². The van der Waals surface area contributed by atoms with Crippen molar-refractivity contribution in [3.63, 3.8) is 0 Å². The van der Waals surface area contributed by atoms with Crippen LogP contribution in [0.25, 0.3) is 0 Å². The van der Waals surface area contributed by atoms with Crippen LogP contribution in [-0.4, -0.2) is 29.3 Å². The van der Waals surface area contributed by atoms with Gasteiger partial charge in [0.2, 0.25) is 10.0 Å². The summed E-state index contributed by atoms with van der Waals surface area (Å²) in [6, 6.07) is 13.6. The number of primary sulfonamides is 1. The Morgan fingerprint density at radius 1 is 0.909 bits per heavy atom. The van der Waals surface area contributed by atoms with Gasteiger partial charge in [0.05, 0.1) is 14.8 Å². The number of hydrogen-bond donors (Lipinski definition) is 3. The molecule has 9 nitrogen and oxygen atoms in total. The summed E-state index contributed by atoms with van der Waals surface area (Å²) in [6.45, 7) is -0.448. The van der Waals surface area contributed by atoms with Crippen LogP contribution in [0.2, 0.25) is 5.02 Å². The van der Waals surface area contributed by atoms with Crippen LogP contribution in [0.5, 0.6) is 5.75 Å². The second kappa shape index (κ2) is 9.75. The molecule has 1 amide bonds. The number of nitrogens with two attached hydrogens (primary N) is 1. The van der Waals surface area contributed by atoms with E-state index in [1.165, 1.54) is 48.5 Å². The Labute approximate surface area is 194 Å². The average molecular weight is 514 g/mol. The van der Waals surface area contributed by atoms with Crippen LogP contribution in [0.1, 0.15) is 0 Å². The minimum absolute atomic E-state index is 0.0534. The van der Waals surface area contributed by atoms with Crippen LogP contribution >= 0.6 is 11.6 Å². The third-order valence-electron chi connectivity index (χ3n) is 4.14. The summed E-state index contributed by atoms with van der Waals surface area (Å²) in [7, 11) is -7.84. The van der Waals surface area contributed by atoms with Gasteiger partial charge in [-0.15, -0.1) is 0 Å². The molecule has 0 unspecified atom stereocenters. The van der Waals surface area contributed by atoms with Gasteiger partial charge in [-0.05, 0) is 66.7 Å². The Morgan fingerprint density at radius 2 is 1.48 bits per heavy atom. The largest absolute Gasteiger partial charge is 0.482 e. The molecule has 3 aromatic carbocycles. The maximum atomic E-state index is 13.0. The quantitative estimate of drug-likeness (QED) is 0.422. The third-order valence-corrected chi connectivity index (χ3v) is 6.74. The van der Waals surface area contributed by atoms with Crippen molar-refractivity contribution in [1.29, 1.82) is 0 Å². The summed E-state index contributed by atoms with van der Waals surface area (Å²) < 4.78 is 68.1. The number of sulfonamides is 2. The van der Waals surface area contributed by atoms with E-state index in [4.69, 9.17) is 21.5 Å². The summed E-state index contributed by atoms with van der Waals surface area (Å²) in [5.41, 5.74) is 0.483. The Kier molecular flexibility index (Phi) is 7.22. The highest BCUT2D eigenvalue weighted by Crippen LogP contribution is 2.28. The maximum Gasteiger partial charge on any atom is 0.262 e. The molecule has 3 aromatic rings. The molecule has 13 heteroatoms. The highest BCUT2D eigenvalue weighted by molar-refractivity contribution is 7.92. The molecule has 3 rings (SSSR count). The van der Waals surface area contributed by atoms with E-state index in [1.807, 2.05) is 0 Å². The number of hydrogen-bond acceptors (Lipinski definition) is 6. The van der Waals surface area contributed by atoms with E-state index in [0.29, 0.717) is 5.69 Å². The molecule has 0 saturated heterocycles. The predicted octanol–water partition coefficient (Wildman–Crippen LogP) is 2.94. The van der Waals surface area contributed by atoms with Crippen LogP contribution < -0.4 is 19.9 Å². The standard InChI is InChI=1S/C20H17ClFN3O6S2/c21-18-11-17(33(29,30)25-15-3-1-13(22)2-4-15)9-10-19(18)31-12-20(26)24-14-5-7-16(8-6-14)32(23,27)28/h1-11,25H,12H2,(H,24,26)(H2,23,27,28). The van der Waals surface area contributed by atoms with Crippen LogP contribution in [0, 0.1) is 5.82 Å². The molecule has 0 aromatic heterocycles. The van der Waals surface area contributed by atoms with Crippen molar-refractivity contribution in [3.8, 4) is 5.75 Å². The number of benzene rings is 3. The lowest BCUT2D eigenvalue weighted by Gasteiger charge is -2.12. The zero-order chi connectivity index (χ0) is 24.2. The fourth-order valence-corrected chi connectivity index (χ4v) is 4.47. The van der Waals surface area contributed by atoms with Gasteiger partial charge < -0.3 is 10.1 Å². The Bertz CT molecular complexity index is 1380. The molecule has 0 aliphatic carbocycles. The van der Waals surface area contributed by atoms with E-state index >= 15 is 0 Å². The Hall–Kier alpha value is -3.19. The first-order chi connectivity index (χ1) is 15.4. The van der Waals surface area contributed by atoms with E-state index in [2.05, 4.69) is 10.0 Å². The first-order valence-corrected chi connectivity index (χ1v) is 12.5. The van der Waals surface area contributed by atoms with Gasteiger partial charge in [0.15, 0.2) is 6.61 Å². The van der Waals surface area contributed by atoms with Crippen LogP contribution in [0.15, 0.2) is 76.5 Å². The molecule has 0 aliphatic heterocycles. The molecule has 0 bridgehead atoms. The number of anilines is 2. The number of halogens is 2. The lowest BCUT2D eigenvalue weighted by Crippen LogP contribution is -2.20. The molecule has 0 aliphatic rings. The highest BCUT2D eigenvalue weighted by Gasteiger charge is 2.17. The van der Waals surface area contributed by atoms with E-state index in [-0.39, 0.29) is 26.3 Å². The highest BCUT2D eigenvalue weighted by atomic mass is 35.5. The summed E-state index contributed by atoms with van der Waals surface area (Å²) in [6.07, 6.45) is 0. The SMILES string of the molecule is NS(=O)(=O)c1ccc(NC(=O)COc2ccc(S(=O)(=O)Nc3ccc(F)cc3)cc2Cl)cc1. The first-order valence-electron chi connectivity index (χ1n) is 9.07. The molecule has 0 fully saturated rings. The van der Waals surface area contributed by atoms with E-state index in [9.17, 15) is 26.0 Å². The molecule has 0 spiro atoms. The molecule has 0 atom stereocenters. The molecular weight excluding hydrogens is 497 g/mol. The number of rotatable bonds is 8. The molecule has 0 heterocycles. The number of carbonyl (C=O) groups is 1. The molecule has 174 valence electrons. The minimum atomic E-state index is -3.99. The zero-order valence-electron chi connectivity index (χ0n) is 16.7. The van der Waals surface area contributed by atoms with Gasteiger partial charge in [-0.3, -0.25) is 9.52 Å². The lowest BCUT2D eigenvalue weighted by molar-refractivity contribution is -0.118. The molecule has 0 saturated carbocycles. The monoisotopic (exact) mass is 513 g/mol. The van der Waals surface area contributed by atoms with Crippen molar-refractivity contribution < 1.29 is 30.8 Å².